The fourth-order valence-corrected chi connectivity index (χ4v) is 3.89. The number of benzene rings is 3. The Hall–Kier alpha value is -3.22. The summed E-state index contributed by atoms with van der Waals surface area (Å²) < 4.78 is 71.9. The molecule has 3 rings (SSSR count). The lowest BCUT2D eigenvalue weighted by Crippen LogP contribution is -2.13. The highest BCUT2D eigenvalue weighted by atomic mass is 35.5. The molecule has 0 aliphatic rings. The minimum Gasteiger partial charge on any atom is -0.456 e. The van der Waals surface area contributed by atoms with Gasteiger partial charge in [-0.25, -0.2) is 8.42 Å². The van der Waals surface area contributed by atoms with Gasteiger partial charge in [-0.2, -0.15) is 18.4 Å². The SMILES string of the molecule is Cc1ccc(S(=O)(=O)Nc2ccc(Oc3ccc(Cl)c(C(F)(F)F)c3)c(C#N)c2)cc1. The molecule has 5 nitrogen and oxygen atoms in total. The minimum absolute atomic E-state index is 0.0396. The van der Waals surface area contributed by atoms with Crippen molar-refractivity contribution in [3.63, 3.8) is 0 Å². The molecule has 0 aromatic heterocycles. The Morgan fingerprint density at radius 2 is 1.71 bits per heavy atom. The molecule has 31 heavy (non-hydrogen) atoms. The Labute approximate surface area is 181 Å². The summed E-state index contributed by atoms with van der Waals surface area (Å²) in [6, 6.07) is 14.8. The first-order valence-electron chi connectivity index (χ1n) is 8.68. The van der Waals surface area contributed by atoms with Gasteiger partial charge in [0.2, 0.25) is 0 Å². The van der Waals surface area contributed by atoms with E-state index in [-0.39, 0.29) is 27.6 Å². The van der Waals surface area contributed by atoms with Crippen LogP contribution in [-0.4, -0.2) is 8.42 Å². The number of hydrogen-bond acceptors (Lipinski definition) is 4. The van der Waals surface area contributed by atoms with Crippen LogP contribution in [0, 0.1) is 18.3 Å². The highest BCUT2D eigenvalue weighted by Gasteiger charge is 2.33. The molecule has 0 heterocycles. The summed E-state index contributed by atoms with van der Waals surface area (Å²) in [4.78, 5) is 0.0396. The second kappa shape index (κ2) is 8.49. The van der Waals surface area contributed by atoms with Gasteiger partial charge in [0.1, 0.15) is 17.6 Å². The molecule has 160 valence electrons. The Morgan fingerprint density at radius 1 is 1.03 bits per heavy atom. The van der Waals surface area contributed by atoms with Gasteiger partial charge in [0.05, 0.1) is 26.7 Å². The molecule has 0 unspecified atom stereocenters. The fourth-order valence-electron chi connectivity index (χ4n) is 2.61. The molecule has 0 aliphatic heterocycles. The van der Waals surface area contributed by atoms with Crippen molar-refractivity contribution in [2.24, 2.45) is 0 Å². The molecule has 10 heteroatoms. The van der Waals surface area contributed by atoms with Crippen LogP contribution in [0.1, 0.15) is 16.7 Å². The predicted molar refractivity (Wildman–Crippen MR) is 110 cm³/mol. The summed E-state index contributed by atoms with van der Waals surface area (Å²) >= 11 is 5.59. The molecule has 0 fully saturated rings. The van der Waals surface area contributed by atoms with Crippen LogP contribution >= 0.6 is 11.6 Å². The third-order valence-corrected chi connectivity index (χ3v) is 5.88. The van der Waals surface area contributed by atoms with E-state index >= 15 is 0 Å². The second-order valence-corrected chi connectivity index (χ2v) is 8.57. The highest BCUT2D eigenvalue weighted by Crippen LogP contribution is 2.38. The number of alkyl halides is 3. The van der Waals surface area contributed by atoms with E-state index < -0.39 is 26.8 Å². The van der Waals surface area contributed by atoms with Crippen molar-refractivity contribution < 1.29 is 26.3 Å². The Kier molecular flexibility index (Phi) is 6.15. The molecule has 3 aromatic rings. The Bertz CT molecular complexity index is 1270. The summed E-state index contributed by atoms with van der Waals surface area (Å²) in [6.07, 6.45) is -4.67. The first-order chi connectivity index (χ1) is 14.5. The molecule has 0 saturated heterocycles. The predicted octanol–water partition coefficient (Wildman–Crippen LogP) is 6.13. The van der Waals surface area contributed by atoms with E-state index in [9.17, 15) is 26.9 Å². The van der Waals surface area contributed by atoms with Crippen LogP contribution in [0.3, 0.4) is 0 Å². The Morgan fingerprint density at radius 3 is 2.32 bits per heavy atom. The lowest BCUT2D eigenvalue weighted by atomic mass is 10.2. The van der Waals surface area contributed by atoms with Crippen LogP contribution in [0.25, 0.3) is 0 Å². The van der Waals surface area contributed by atoms with E-state index in [2.05, 4.69) is 4.72 Å². The van der Waals surface area contributed by atoms with E-state index in [0.29, 0.717) is 0 Å². The lowest BCUT2D eigenvalue weighted by Gasteiger charge is -2.13. The van der Waals surface area contributed by atoms with Crippen LogP contribution in [0.2, 0.25) is 5.02 Å². The molecule has 0 bridgehead atoms. The van der Waals surface area contributed by atoms with Crippen molar-refractivity contribution in [3.05, 3.63) is 82.4 Å². The first kappa shape index (κ1) is 22.5. The van der Waals surface area contributed by atoms with E-state index in [1.54, 1.807) is 12.1 Å². The van der Waals surface area contributed by atoms with Crippen LogP contribution < -0.4 is 9.46 Å². The molecule has 1 N–H and O–H groups in total. The maximum absolute atomic E-state index is 13.0. The van der Waals surface area contributed by atoms with Crippen molar-refractivity contribution in [2.45, 2.75) is 18.0 Å². The Balaban J connectivity index is 1.87. The molecule has 0 atom stereocenters. The summed E-state index contributed by atoms with van der Waals surface area (Å²) in [5, 5.41) is 8.90. The van der Waals surface area contributed by atoms with Crippen molar-refractivity contribution >= 4 is 27.3 Å². The first-order valence-corrected chi connectivity index (χ1v) is 10.5. The number of aryl methyl sites for hydroxylation is 1. The van der Waals surface area contributed by atoms with E-state index in [4.69, 9.17) is 16.3 Å². The van der Waals surface area contributed by atoms with Crippen molar-refractivity contribution in [3.8, 4) is 17.6 Å². The van der Waals surface area contributed by atoms with E-state index in [1.807, 2.05) is 13.0 Å². The average molecular weight is 467 g/mol. The minimum atomic E-state index is -4.67. The van der Waals surface area contributed by atoms with Gasteiger partial charge in [-0.3, -0.25) is 4.72 Å². The van der Waals surface area contributed by atoms with Crippen molar-refractivity contribution in [1.82, 2.24) is 0 Å². The molecular weight excluding hydrogens is 453 g/mol. The van der Waals surface area contributed by atoms with Crippen LogP contribution in [0.5, 0.6) is 11.5 Å². The summed E-state index contributed by atoms with van der Waals surface area (Å²) in [5.41, 5.74) is -0.167. The molecule has 3 aromatic carbocycles. The zero-order chi connectivity index (χ0) is 22.8. The summed E-state index contributed by atoms with van der Waals surface area (Å²) in [5.74, 6) is -0.225. The van der Waals surface area contributed by atoms with Gasteiger partial charge >= 0.3 is 6.18 Å². The molecule has 0 amide bonds. The number of ether oxygens (including phenoxy) is 1. The third kappa shape index (κ3) is 5.29. The zero-order valence-corrected chi connectivity index (χ0v) is 17.4. The van der Waals surface area contributed by atoms with Gasteiger partial charge in [0, 0.05) is 0 Å². The van der Waals surface area contributed by atoms with Gasteiger partial charge < -0.3 is 4.74 Å². The quantitative estimate of drug-likeness (QED) is 0.490. The number of halogens is 4. The third-order valence-electron chi connectivity index (χ3n) is 4.15. The number of nitrogens with one attached hydrogen (secondary N) is 1. The number of sulfonamides is 1. The van der Waals surface area contributed by atoms with Crippen LogP contribution in [-0.2, 0) is 16.2 Å². The number of anilines is 1. The molecule has 0 spiro atoms. The molecular formula is C21H14ClF3N2O3S. The van der Waals surface area contributed by atoms with Gasteiger partial charge in [-0.15, -0.1) is 0 Å². The lowest BCUT2D eigenvalue weighted by molar-refractivity contribution is -0.137. The van der Waals surface area contributed by atoms with Gasteiger partial charge in [-0.1, -0.05) is 29.3 Å². The molecule has 0 aliphatic carbocycles. The zero-order valence-electron chi connectivity index (χ0n) is 15.9. The highest BCUT2D eigenvalue weighted by molar-refractivity contribution is 7.92. The standard InChI is InChI=1S/C21H14ClF3N2O3S/c1-13-2-6-17(7-3-13)31(28,29)27-15-4-9-20(14(10-15)12-26)30-16-5-8-19(22)18(11-16)21(23,24)25/h2-11,27H,1H3. The van der Waals surface area contributed by atoms with Gasteiger partial charge in [0.15, 0.2) is 0 Å². The smallest absolute Gasteiger partial charge is 0.417 e. The van der Waals surface area contributed by atoms with Gasteiger partial charge in [0.25, 0.3) is 10.0 Å². The van der Waals surface area contributed by atoms with Gasteiger partial charge in [-0.05, 0) is 55.5 Å². The summed E-state index contributed by atoms with van der Waals surface area (Å²) in [6.45, 7) is 1.82. The average Bonchev–Trinajstić information content (AvgIpc) is 2.69. The van der Waals surface area contributed by atoms with E-state index in [0.717, 1.165) is 17.7 Å². The normalized spacial score (nSPS) is 11.6. The second-order valence-electron chi connectivity index (χ2n) is 6.48. The topological polar surface area (TPSA) is 79.2 Å². The molecule has 0 radical (unpaired) electrons. The van der Waals surface area contributed by atoms with Crippen molar-refractivity contribution in [1.29, 1.82) is 5.26 Å². The number of hydrogen-bond donors (Lipinski definition) is 1. The number of nitriles is 1. The maximum atomic E-state index is 13.0. The largest absolute Gasteiger partial charge is 0.456 e. The van der Waals surface area contributed by atoms with Crippen LogP contribution in [0.15, 0.2) is 65.6 Å². The number of nitrogens with zero attached hydrogens (tertiary/aromatic N) is 1. The molecule has 0 saturated carbocycles. The van der Waals surface area contributed by atoms with E-state index in [1.165, 1.54) is 36.4 Å². The fraction of sp³-hybridized carbons (Fsp3) is 0.0952. The monoisotopic (exact) mass is 466 g/mol. The van der Waals surface area contributed by atoms with Crippen LogP contribution in [0.4, 0.5) is 18.9 Å². The number of rotatable bonds is 5. The van der Waals surface area contributed by atoms with Crippen molar-refractivity contribution in [2.75, 3.05) is 4.72 Å². The maximum Gasteiger partial charge on any atom is 0.417 e. The summed E-state index contributed by atoms with van der Waals surface area (Å²) in [7, 11) is -3.89.